The van der Waals surface area contributed by atoms with Gasteiger partial charge in [0.1, 0.15) is 17.1 Å². The van der Waals surface area contributed by atoms with Crippen LogP contribution in [0.4, 0.5) is 16.2 Å². The van der Waals surface area contributed by atoms with Crippen LogP contribution in [-0.4, -0.2) is 34.1 Å². The number of carbonyl (C=O) groups excluding carboxylic acids is 1. The maximum absolute atomic E-state index is 14.1. The molecular weight excluding hydrogens is 586 g/mol. The molecule has 2 N–H and O–H groups in total. The lowest BCUT2D eigenvalue weighted by Gasteiger charge is -2.27. The summed E-state index contributed by atoms with van der Waals surface area (Å²) in [5.41, 5.74) is 6.71. The molecule has 8 nitrogen and oxygen atoms in total. The summed E-state index contributed by atoms with van der Waals surface area (Å²) in [4.78, 5) is 40.0. The number of aromatic nitrogens is 3. The molecule has 0 atom stereocenters. The van der Waals surface area contributed by atoms with Crippen LogP contribution in [0.1, 0.15) is 82.4 Å². The van der Waals surface area contributed by atoms with Crippen molar-refractivity contribution in [3.63, 3.8) is 0 Å². The number of H-pyrrole nitrogens is 1. The number of urea groups is 1. The Balaban J connectivity index is 1.43. The first-order chi connectivity index (χ1) is 22.7. The largest absolute Gasteiger partial charge is 0.494 e. The molecule has 2 aromatic carbocycles. The summed E-state index contributed by atoms with van der Waals surface area (Å²) in [5, 5.41) is 4.02. The van der Waals surface area contributed by atoms with E-state index < -0.39 is 0 Å². The SMILES string of the molecule is CCCCN(C(=O)Nc1c(C(C)C)cc(-c2cccc(OCCCc3ccncc3)c2)cc1C(C)C)c1cc2cccnc2[nH]c1=O. The lowest BCUT2D eigenvalue weighted by molar-refractivity contribution is 0.256. The van der Waals surface area contributed by atoms with Crippen molar-refractivity contribution in [2.24, 2.45) is 0 Å². The van der Waals surface area contributed by atoms with Crippen LogP contribution in [0, 0.1) is 0 Å². The summed E-state index contributed by atoms with van der Waals surface area (Å²) in [6.45, 7) is 11.6. The predicted molar refractivity (Wildman–Crippen MR) is 192 cm³/mol. The van der Waals surface area contributed by atoms with Gasteiger partial charge in [-0.25, -0.2) is 9.78 Å². The number of pyridine rings is 3. The molecule has 0 aliphatic heterocycles. The van der Waals surface area contributed by atoms with Crippen LogP contribution in [0.5, 0.6) is 5.75 Å². The van der Waals surface area contributed by atoms with Crippen LogP contribution in [0.15, 0.2) is 90.1 Å². The summed E-state index contributed by atoms with van der Waals surface area (Å²) in [6.07, 6.45) is 8.76. The van der Waals surface area contributed by atoms with E-state index in [-0.39, 0.29) is 23.4 Å². The number of hydrogen-bond donors (Lipinski definition) is 2. The molecule has 5 rings (SSSR count). The van der Waals surface area contributed by atoms with Gasteiger partial charge in [0.05, 0.1) is 6.61 Å². The number of ether oxygens (including phenoxy) is 1. The van der Waals surface area contributed by atoms with E-state index in [0.29, 0.717) is 24.5 Å². The Morgan fingerprint density at radius 2 is 1.64 bits per heavy atom. The van der Waals surface area contributed by atoms with E-state index in [4.69, 9.17) is 4.74 Å². The Labute approximate surface area is 277 Å². The van der Waals surface area contributed by atoms with E-state index in [1.807, 2.05) is 48.8 Å². The fourth-order valence-electron chi connectivity index (χ4n) is 5.74. The second-order valence-corrected chi connectivity index (χ2v) is 12.5. The van der Waals surface area contributed by atoms with Gasteiger partial charge >= 0.3 is 6.03 Å². The molecule has 0 radical (unpaired) electrons. The maximum atomic E-state index is 14.1. The van der Waals surface area contributed by atoms with Crippen molar-refractivity contribution in [3.05, 3.63) is 112 Å². The number of fused-ring (bicyclic) bond motifs is 1. The average molecular weight is 632 g/mol. The molecule has 0 spiro atoms. The van der Waals surface area contributed by atoms with E-state index in [0.717, 1.165) is 64.8 Å². The third-order valence-electron chi connectivity index (χ3n) is 8.34. The zero-order valence-electron chi connectivity index (χ0n) is 28.0. The number of benzene rings is 2. The van der Waals surface area contributed by atoms with Gasteiger partial charge in [0.2, 0.25) is 0 Å². The number of unbranched alkanes of at least 4 members (excludes halogenated alkanes) is 1. The Bertz CT molecular complexity index is 1840. The molecule has 47 heavy (non-hydrogen) atoms. The van der Waals surface area contributed by atoms with Gasteiger partial charge in [-0.05, 0) is 114 Å². The summed E-state index contributed by atoms with van der Waals surface area (Å²) in [5.74, 6) is 1.10. The smallest absolute Gasteiger partial charge is 0.326 e. The zero-order chi connectivity index (χ0) is 33.3. The third-order valence-corrected chi connectivity index (χ3v) is 8.34. The molecule has 3 heterocycles. The Morgan fingerprint density at radius 3 is 2.34 bits per heavy atom. The number of amides is 2. The number of hydrogen-bond acceptors (Lipinski definition) is 5. The number of nitrogens with one attached hydrogen (secondary N) is 2. The molecule has 0 unspecified atom stereocenters. The fraction of sp³-hybridized carbons (Fsp3) is 0.333. The standard InChI is InChI=1S/C39H45N5O3/c1-6-7-20-44(35-25-30-13-9-17-41-37(30)43-38(35)45)39(46)42-36-33(26(2)3)23-31(24-34(36)27(4)5)29-12-8-14-32(22-29)47-21-10-11-28-15-18-40-19-16-28/h8-9,12-19,22-27H,6-7,10-11,20-21H2,1-5H3,(H,42,46)(H,41,43,45). The molecule has 0 aliphatic carbocycles. The van der Waals surface area contributed by atoms with Crippen molar-refractivity contribution >= 4 is 28.4 Å². The quantitative estimate of drug-likeness (QED) is 0.126. The second-order valence-electron chi connectivity index (χ2n) is 12.5. The zero-order valence-corrected chi connectivity index (χ0v) is 28.0. The molecule has 0 saturated heterocycles. The molecule has 5 aromatic rings. The van der Waals surface area contributed by atoms with Crippen molar-refractivity contribution in [1.29, 1.82) is 0 Å². The number of aryl methyl sites for hydroxylation is 1. The van der Waals surface area contributed by atoms with Gasteiger partial charge in [-0.15, -0.1) is 0 Å². The van der Waals surface area contributed by atoms with Crippen molar-refractivity contribution < 1.29 is 9.53 Å². The highest BCUT2D eigenvalue weighted by atomic mass is 16.5. The second kappa shape index (κ2) is 15.5. The third kappa shape index (κ3) is 8.25. The van der Waals surface area contributed by atoms with E-state index in [9.17, 15) is 9.59 Å². The van der Waals surface area contributed by atoms with Crippen LogP contribution < -0.4 is 20.5 Å². The van der Waals surface area contributed by atoms with Gasteiger partial charge in [-0.1, -0.05) is 53.2 Å². The highest BCUT2D eigenvalue weighted by molar-refractivity contribution is 6.03. The van der Waals surface area contributed by atoms with Crippen LogP contribution in [0.3, 0.4) is 0 Å². The van der Waals surface area contributed by atoms with Crippen molar-refractivity contribution in [1.82, 2.24) is 15.0 Å². The van der Waals surface area contributed by atoms with Crippen molar-refractivity contribution in [3.8, 4) is 16.9 Å². The van der Waals surface area contributed by atoms with E-state index in [1.54, 1.807) is 17.2 Å². The lowest BCUT2D eigenvalue weighted by Crippen LogP contribution is -2.39. The highest BCUT2D eigenvalue weighted by Gasteiger charge is 2.24. The monoisotopic (exact) mass is 631 g/mol. The molecule has 2 amide bonds. The van der Waals surface area contributed by atoms with Crippen LogP contribution in [-0.2, 0) is 6.42 Å². The summed E-state index contributed by atoms with van der Waals surface area (Å²) in [6, 6.07) is 21.7. The predicted octanol–water partition coefficient (Wildman–Crippen LogP) is 9.08. The molecule has 244 valence electrons. The molecule has 8 heteroatoms. The van der Waals surface area contributed by atoms with Crippen LogP contribution >= 0.6 is 0 Å². The van der Waals surface area contributed by atoms with Gasteiger partial charge in [-0.2, -0.15) is 0 Å². The van der Waals surface area contributed by atoms with Crippen LogP contribution in [0.25, 0.3) is 22.2 Å². The first kappa shape index (κ1) is 33.4. The van der Waals surface area contributed by atoms with Gasteiger partial charge in [0, 0.05) is 36.2 Å². The molecule has 0 bridgehead atoms. The lowest BCUT2D eigenvalue weighted by atomic mass is 9.88. The number of aromatic amines is 1. The van der Waals surface area contributed by atoms with E-state index in [1.165, 1.54) is 5.56 Å². The number of nitrogens with zero attached hydrogens (tertiary/aromatic N) is 3. The minimum absolute atomic E-state index is 0.134. The van der Waals surface area contributed by atoms with Gasteiger partial charge in [0.25, 0.3) is 5.56 Å². The minimum atomic E-state index is -0.342. The van der Waals surface area contributed by atoms with Crippen molar-refractivity contribution in [2.75, 3.05) is 23.4 Å². The highest BCUT2D eigenvalue weighted by Crippen LogP contribution is 2.38. The van der Waals surface area contributed by atoms with E-state index in [2.05, 4.69) is 79.2 Å². The minimum Gasteiger partial charge on any atom is -0.494 e. The molecule has 3 aromatic heterocycles. The van der Waals surface area contributed by atoms with E-state index >= 15 is 0 Å². The summed E-state index contributed by atoms with van der Waals surface area (Å²) >= 11 is 0. The fourth-order valence-corrected chi connectivity index (χ4v) is 5.74. The van der Waals surface area contributed by atoms with Gasteiger partial charge in [0.15, 0.2) is 0 Å². The Hall–Kier alpha value is -4.98. The van der Waals surface area contributed by atoms with Gasteiger partial charge < -0.3 is 15.0 Å². The number of rotatable bonds is 13. The molecule has 0 aliphatic rings. The molecule has 0 saturated carbocycles. The Morgan fingerprint density at radius 1 is 0.894 bits per heavy atom. The maximum Gasteiger partial charge on any atom is 0.326 e. The summed E-state index contributed by atoms with van der Waals surface area (Å²) in [7, 11) is 0. The van der Waals surface area contributed by atoms with Gasteiger partial charge in [-0.3, -0.25) is 14.7 Å². The first-order valence-electron chi connectivity index (χ1n) is 16.6. The summed E-state index contributed by atoms with van der Waals surface area (Å²) < 4.78 is 6.15. The molecule has 0 fully saturated rings. The average Bonchev–Trinajstić information content (AvgIpc) is 3.07. The normalized spacial score (nSPS) is 11.3. The number of carbonyl (C=O) groups is 1. The topological polar surface area (TPSA) is 100 Å². The Kier molecular flexibility index (Phi) is 11.0. The first-order valence-corrected chi connectivity index (χ1v) is 16.6. The number of anilines is 2. The van der Waals surface area contributed by atoms with Crippen LogP contribution in [0.2, 0.25) is 0 Å². The molecular formula is C39H45N5O3. The van der Waals surface area contributed by atoms with Crippen molar-refractivity contribution in [2.45, 2.75) is 72.1 Å².